The summed E-state index contributed by atoms with van der Waals surface area (Å²) in [5, 5.41) is 26.9. The summed E-state index contributed by atoms with van der Waals surface area (Å²) in [7, 11) is -5.10. The van der Waals surface area contributed by atoms with E-state index in [0.29, 0.717) is 0 Å². The average molecular weight is 257 g/mol. The molecule has 96 valence electrons. The molecule has 0 aromatic rings. The van der Waals surface area contributed by atoms with E-state index in [1.54, 1.807) is 0 Å². The Hall–Kier alpha value is -0.580. The summed E-state index contributed by atoms with van der Waals surface area (Å²) in [5.74, 6) is -1.18. The summed E-state index contributed by atoms with van der Waals surface area (Å²) in [5.41, 5.74) is 2.98. The lowest BCUT2D eigenvalue weighted by Crippen LogP contribution is -2.73. The number of nitrogens with two attached hydrogens (primary N) is 1. The molecule has 0 aliphatic rings. The lowest BCUT2D eigenvalue weighted by atomic mass is 9.83. The SMILES string of the molecule is CC(=O)C(CO)(C(N)(CO)CO)S(=O)(=O)O. The number of ketones is 1. The highest BCUT2D eigenvalue weighted by Crippen LogP contribution is 2.29. The minimum atomic E-state index is -5.10. The van der Waals surface area contributed by atoms with Crippen LogP contribution in [0.2, 0.25) is 0 Å². The van der Waals surface area contributed by atoms with E-state index in [4.69, 9.17) is 25.6 Å². The molecule has 0 aliphatic carbocycles. The van der Waals surface area contributed by atoms with Crippen LogP contribution in [-0.4, -0.2) is 64.2 Å². The van der Waals surface area contributed by atoms with Crippen molar-refractivity contribution in [2.45, 2.75) is 17.2 Å². The van der Waals surface area contributed by atoms with E-state index in [2.05, 4.69) is 0 Å². The zero-order valence-electron chi connectivity index (χ0n) is 8.62. The van der Waals surface area contributed by atoms with E-state index in [0.717, 1.165) is 6.92 Å². The molecule has 0 spiro atoms. The lowest BCUT2D eigenvalue weighted by molar-refractivity contribution is -0.124. The van der Waals surface area contributed by atoms with Gasteiger partial charge in [0.15, 0.2) is 10.5 Å². The second-order valence-corrected chi connectivity index (χ2v) is 5.14. The second kappa shape index (κ2) is 4.73. The van der Waals surface area contributed by atoms with Gasteiger partial charge >= 0.3 is 0 Å². The summed E-state index contributed by atoms with van der Waals surface area (Å²) in [6.07, 6.45) is 0. The Morgan fingerprint density at radius 1 is 1.19 bits per heavy atom. The lowest BCUT2D eigenvalue weighted by Gasteiger charge is -2.40. The van der Waals surface area contributed by atoms with Gasteiger partial charge in [-0.25, -0.2) is 0 Å². The van der Waals surface area contributed by atoms with Crippen LogP contribution in [0.4, 0.5) is 0 Å². The average Bonchev–Trinajstić information content (AvgIpc) is 2.16. The zero-order chi connectivity index (χ0) is 13.2. The Morgan fingerprint density at radius 3 is 1.62 bits per heavy atom. The third-order valence-corrected chi connectivity index (χ3v) is 4.30. The van der Waals surface area contributed by atoms with Gasteiger partial charge in [-0.15, -0.1) is 0 Å². The van der Waals surface area contributed by atoms with Crippen molar-refractivity contribution in [2.24, 2.45) is 5.73 Å². The van der Waals surface area contributed by atoms with Gasteiger partial charge in [-0.05, 0) is 6.92 Å². The molecule has 9 heteroatoms. The van der Waals surface area contributed by atoms with Crippen LogP contribution in [-0.2, 0) is 14.9 Å². The molecule has 0 bridgehead atoms. The minimum absolute atomic E-state index is 0.775. The standard InChI is InChI=1S/C7H15NO7S/c1-5(12)7(4-11,16(13,14)15)6(8,2-9)3-10/h9-11H,2-4,8H2,1H3,(H,13,14,15). The van der Waals surface area contributed by atoms with Crippen molar-refractivity contribution in [1.82, 2.24) is 0 Å². The number of aliphatic hydroxyl groups is 3. The van der Waals surface area contributed by atoms with Crippen LogP contribution < -0.4 is 5.73 Å². The van der Waals surface area contributed by atoms with E-state index in [-0.39, 0.29) is 0 Å². The molecule has 1 unspecified atom stereocenters. The highest BCUT2D eigenvalue weighted by atomic mass is 32.2. The Morgan fingerprint density at radius 2 is 1.56 bits per heavy atom. The predicted molar refractivity (Wildman–Crippen MR) is 53.1 cm³/mol. The molecule has 0 rings (SSSR count). The van der Waals surface area contributed by atoms with Gasteiger partial charge in [-0.2, -0.15) is 8.42 Å². The first kappa shape index (κ1) is 15.4. The number of carbonyl (C=O) groups excluding carboxylic acids is 1. The first-order valence-electron chi connectivity index (χ1n) is 4.22. The number of hydrogen-bond donors (Lipinski definition) is 5. The fourth-order valence-corrected chi connectivity index (χ4v) is 2.61. The quantitative estimate of drug-likeness (QED) is 0.312. The molecule has 0 amide bonds. The van der Waals surface area contributed by atoms with Crippen molar-refractivity contribution in [3.63, 3.8) is 0 Å². The van der Waals surface area contributed by atoms with E-state index in [1.807, 2.05) is 0 Å². The molecule has 0 heterocycles. The van der Waals surface area contributed by atoms with Crippen molar-refractivity contribution in [3.05, 3.63) is 0 Å². The van der Waals surface area contributed by atoms with E-state index in [9.17, 15) is 13.2 Å². The summed E-state index contributed by atoms with van der Waals surface area (Å²) in [6, 6.07) is 0. The molecule has 0 saturated heterocycles. The Kier molecular flexibility index (Phi) is 4.56. The molecule has 1 atom stereocenters. The highest BCUT2D eigenvalue weighted by molar-refractivity contribution is 7.88. The van der Waals surface area contributed by atoms with Crippen LogP contribution in [0.5, 0.6) is 0 Å². The number of aliphatic hydroxyl groups excluding tert-OH is 3. The summed E-state index contributed by atoms with van der Waals surface area (Å²) in [6.45, 7) is -2.79. The van der Waals surface area contributed by atoms with Gasteiger partial charge in [0, 0.05) is 0 Å². The van der Waals surface area contributed by atoms with Crippen molar-refractivity contribution >= 4 is 15.9 Å². The van der Waals surface area contributed by atoms with Crippen LogP contribution in [0.1, 0.15) is 6.92 Å². The van der Waals surface area contributed by atoms with Crippen LogP contribution in [0, 0.1) is 0 Å². The topological polar surface area (TPSA) is 158 Å². The van der Waals surface area contributed by atoms with E-state index < -0.39 is 46.0 Å². The molecule has 0 aromatic carbocycles. The van der Waals surface area contributed by atoms with E-state index >= 15 is 0 Å². The van der Waals surface area contributed by atoms with Crippen molar-refractivity contribution < 1.29 is 33.1 Å². The molecular formula is C7H15NO7S. The number of carbonyl (C=O) groups is 1. The van der Waals surface area contributed by atoms with Crippen LogP contribution in [0.25, 0.3) is 0 Å². The van der Waals surface area contributed by atoms with Crippen molar-refractivity contribution in [2.75, 3.05) is 19.8 Å². The molecule has 0 aliphatic heterocycles. The second-order valence-electron chi connectivity index (χ2n) is 3.49. The molecule has 0 saturated carbocycles. The predicted octanol–water partition coefficient (Wildman–Crippen LogP) is -3.12. The first-order valence-corrected chi connectivity index (χ1v) is 5.66. The van der Waals surface area contributed by atoms with Gasteiger partial charge < -0.3 is 21.1 Å². The van der Waals surface area contributed by atoms with E-state index in [1.165, 1.54) is 0 Å². The van der Waals surface area contributed by atoms with Gasteiger partial charge in [0.25, 0.3) is 10.1 Å². The molecule has 16 heavy (non-hydrogen) atoms. The van der Waals surface area contributed by atoms with Gasteiger partial charge in [0.1, 0.15) is 0 Å². The normalized spacial score (nSPS) is 16.9. The van der Waals surface area contributed by atoms with Crippen LogP contribution in [0.15, 0.2) is 0 Å². The smallest absolute Gasteiger partial charge is 0.282 e. The summed E-state index contributed by atoms with van der Waals surface area (Å²) < 4.78 is 28.5. The molecule has 0 fully saturated rings. The Bertz CT molecular complexity index is 361. The van der Waals surface area contributed by atoms with Crippen molar-refractivity contribution in [3.8, 4) is 0 Å². The molecule has 0 aromatic heterocycles. The number of hydrogen-bond acceptors (Lipinski definition) is 7. The molecular weight excluding hydrogens is 242 g/mol. The minimum Gasteiger partial charge on any atom is -0.394 e. The first-order chi connectivity index (χ1) is 7.13. The highest BCUT2D eigenvalue weighted by Gasteiger charge is 2.61. The third-order valence-electron chi connectivity index (χ3n) is 2.60. The van der Waals surface area contributed by atoms with Crippen LogP contribution in [0.3, 0.4) is 0 Å². The van der Waals surface area contributed by atoms with Crippen molar-refractivity contribution in [1.29, 1.82) is 0 Å². The Labute approximate surface area is 92.4 Å². The zero-order valence-corrected chi connectivity index (χ0v) is 9.44. The number of rotatable bonds is 6. The third kappa shape index (κ3) is 1.97. The maximum absolute atomic E-state index is 11.3. The molecule has 0 radical (unpaired) electrons. The maximum atomic E-state index is 11.3. The summed E-state index contributed by atoms with van der Waals surface area (Å²) >= 11 is 0. The largest absolute Gasteiger partial charge is 0.394 e. The fourth-order valence-electron chi connectivity index (χ4n) is 1.44. The molecule has 8 nitrogen and oxygen atoms in total. The maximum Gasteiger partial charge on any atom is 0.282 e. The van der Waals surface area contributed by atoms with Gasteiger partial charge in [0.05, 0.1) is 25.4 Å². The summed E-state index contributed by atoms with van der Waals surface area (Å²) in [4.78, 5) is 11.3. The van der Waals surface area contributed by atoms with Gasteiger partial charge in [-0.3, -0.25) is 9.35 Å². The molecule has 6 N–H and O–H groups in total. The van der Waals surface area contributed by atoms with Crippen LogP contribution >= 0.6 is 0 Å². The monoisotopic (exact) mass is 257 g/mol. The Balaban J connectivity index is 6.05. The van der Waals surface area contributed by atoms with Gasteiger partial charge in [-0.1, -0.05) is 0 Å². The fraction of sp³-hybridized carbons (Fsp3) is 0.857. The van der Waals surface area contributed by atoms with Gasteiger partial charge in [0.2, 0.25) is 0 Å². The number of Topliss-reactive ketones (excluding diaryl/α,β-unsaturated/α-hetero) is 1.